The molecule has 1 heterocycles. The smallest absolute Gasteiger partial charge is 0.408 e. The molecule has 5 saturated carbocycles. The second-order valence-electron chi connectivity index (χ2n) is 26.6. The zero-order chi connectivity index (χ0) is 61.7. The quantitative estimate of drug-likeness (QED) is 0.0932. The second-order valence-corrected chi connectivity index (χ2v) is 26.6. The maximum absolute atomic E-state index is 14.9. The molecule has 7 aliphatic carbocycles. The van der Waals surface area contributed by atoms with E-state index in [0.717, 1.165) is 25.3 Å². The molecule has 1 amide bonds. The standard InChI is InChI=1S/C43H53NO14.C21H26O5/c1-22-26(55-37(51)32(48)30(24-15-11-9-12-16-24)44-38(52)58-39(3,4)5)20-43(53)35(56-36(50)25-17-13-10-14-18-25)33-41(8,34(49)31(47)29(22)40(43,6)7)27(46)19-28-42(33,21-54-28)57-23(2)45;1-19-7-5-13(23)9-12(19)3-4-14-15-6-8-21(26,17(25)11-22)20(15,2)10-16(24)18(14)19/h9-18,26-28,30-33,35,46-48,53H,19-21H2,1-8H3,(H,44,52);5,7,9,14-15,18,22,26H,3-4,6,8,10-11H2,1-2H3/t26-,27-,28+,30-,31+,32+,33-,35-,41+,42-,43+;14-,15-,18+,19-,20-,21-/m00/s1. The first-order chi connectivity index (χ1) is 39.2. The molecule has 1 saturated heterocycles. The van der Waals surface area contributed by atoms with E-state index in [1.54, 1.807) is 95.3 Å². The van der Waals surface area contributed by atoms with Crippen molar-refractivity contribution in [2.75, 3.05) is 13.2 Å². The van der Waals surface area contributed by atoms with Gasteiger partial charge in [-0.15, -0.1) is 0 Å². The van der Waals surface area contributed by atoms with Crippen LogP contribution in [0.25, 0.3) is 0 Å². The van der Waals surface area contributed by atoms with Gasteiger partial charge in [0.05, 0.1) is 35.6 Å². The first-order valence-corrected chi connectivity index (χ1v) is 28.8. The van der Waals surface area contributed by atoms with Crippen LogP contribution in [0.1, 0.15) is 136 Å². The molecule has 17 atom stereocenters. The average molecular weight is 1170 g/mol. The number of hydrogen-bond donors (Lipinski definition) is 7. The zero-order valence-electron chi connectivity index (χ0n) is 49.2. The number of alkyl carbamates (subject to hydrolysis) is 1. The van der Waals surface area contributed by atoms with Crippen molar-refractivity contribution in [3.63, 3.8) is 0 Å². The molecule has 8 aliphatic rings. The lowest BCUT2D eigenvalue weighted by Crippen LogP contribution is -2.81. The van der Waals surface area contributed by atoms with Crippen LogP contribution in [0, 0.1) is 45.3 Å². The summed E-state index contributed by atoms with van der Waals surface area (Å²) in [6.45, 7) is 15.0. The lowest BCUT2D eigenvalue weighted by Gasteiger charge is -2.67. The molecule has 6 fully saturated rings. The molecule has 0 aromatic heterocycles. The summed E-state index contributed by atoms with van der Waals surface area (Å²) in [7, 11) is 0. The molecule has 0 radical (unpaired) electrons. The minimum absolute atomic E-state index is 0.0206. The summed E-state index contributed by atoms with van der Waals surface area (Å²) in [4.78, 5) is 106. The van der Waals surface area contributed by atoms with Gasteiger partial charge in [0, 0.05) is 48.3 Å². The van der Waals surface area contributed by atoms with Crippen molar-refractivity contribution in [2.45, 2.75) is 179 Å². The third-order valence-corrected chi connectivity index (χ3v) is 20.6. The second kappa shape index (κ2) is 21.9. The summed E-state index contributed by atoms with van der Waals surface area (Å²) in [5.74, 6) is -5.95. The van der Waals surface area contributed by atoms with E-state index in [0.29, 0.717) is 18.4 Å². The van der Waals surface area contributed by atoms with Gasteiger partial charge in [0.15, 0.2) is 29.1 Å². The van der Waals surface area contributed by atoms with Crippen molar-refractivity contribution in [3.05, 3.63) is 107 Å². The molecule has 20 heteroatoms. The van der Waals surface area contributed by atoms with Gasteiger partial charge in [0.2, 0.25) is 0 Å². The Labute approximate surface area is 488 Å². The molecule has 2 bridgehead atoms. The van der Waals surface area contributed by atoms with E-state index < -0.39 is 141 Å². The Morgan fingerprint density at radius 2 is 1.54 bits per heavy atom. The van der Waals surface area contributed by atoms with Crippen LogP contribution in [0.4, 0.5) is 4.79 Å². The van der Waals surface area contributed by atoms with E-state index in [1.165, 1.54) is 26.0 Å². The fourth-order valence-corrected chi connectivity index (χ4v) is 16.2. The topological polar surface area (TPSA) is 316 Å². The maximum atomic E-state index is 14.9. The molecular formula is C64H79NO19. The molecule has 2 aromatic carbocycles. The van der Waals surface area contributed by atoms with E-state index in [1.807, 2.05) is 19.9 Å². The number of carbonyl (C=O) groups is 8. The monoisotopic (exact) mass is 1170 g/mol. The van der Waals surface area contributed by atoms with Crippen LogP contribution in [-0.2, 0) is 52.5 Å². The van der Waals surface area contributed by atoms with Crippen LogP contribution in [0.15, 0.2) is 95.6 Å². The molecule has 20 nitrogen and oxygen atoms in total. The first kappa shape index (κ1) is 62.3. The summed E-state index contributed by atoms with van der Waals surface area (Å²) < 4.78 is 29.5. The number of hydrogen-bond acceptors (Lipinski definition) is 19. The Balaban J connectivity index is 0.000000269. The number of Topliss-reactive ketones (excluding diaryl/α,β-unsaturated/α-hetero) is 3. The third-order valence-electron chi connectivity index (χ3n) is 20.6. The highest BCUT2D eigenvalue weighted by Gasteiger charge is 2.78. The van der Waals surface area contributed by atoms with Crippen LogP contribution in [0.3, 0.4) is 0 Å². The van der Waals surface area contributed by atoms with Gasteiger partial charge in [-0.05, 0) is 113 Å². The average Bonchev–Trinajstić information content (AvgIpc) is 0.893. The number of ketones is 4. The Hall–Kier alpha value is -6.26. The number of rotatable bonds is 10. The number of amides is 1. The van der Waals surface area contributed by atoms with Crippen molar-refractivity contribution < 1.29 is 92.7 Å². The van der Waals surface area contributed by atoms with Crippen molar-refractivity contribution in [2.24, 2.45) is 45.3 Å². The van der Waals surface area contributed by atoms with Gasteiger partial charge in [-0.25, -0.2) is 14.4 Å². The largest absolute Gasteiger partial charge is 0.456 e. The van der Waals surface area contributed by atoms with Gasteiger partial charge >= 0.3 is 24.0 Å². The van der Waals surface area contributed by atoms with Crippen molar-refractivity contribution in [1.29, 1.82) is 0 Å². The molecule has 10 rings (SSSR count). The van der Waals surface area contributed by atoms with Gasteiger partial charge in [-0.3, -0.25) is 24.0 Å². The van der Waals surface area contributed by atoms with E-state index in [4.69, 9.17) is 23.7 Å². The zero-order valence-corrected chi connectivity index (χ0v) is 49.2. The minimum atomic E-state index is -2.35. The predicted octanol–water partition coefficient (Wildman–Crippen LogP) is 5.03. The maximum Gasteiger partial charge on any atom is 0.408 e. The molecule has 7 N–H and O–H groups in total. The van der Waals surface area contributed by atoms with Crippen LogP contribution < -0.4 is 5.32 Å². The number of fused-ring (bicyclic) bond motifs is 10. The summed E-state index contributed by atoms with van der Waals surface area (Å²) in [5.41, 5.74) is -10.00. The van der Waals surface area contributed by atoms with Gasteiger partial charge in [-0.2, -0.15) is 0 Å². The summed E-state index contributed by atoms with van der Waals surface area (Å²) in [6.07, 6.45) is -3.66. The number of benzene rings is 2. The van der Waals surface area contributed by atoms with Crippen molar-refractivity contribution >= 4 is 47.1 Å². The summed E-state index contributed by atoms with van der Waals surface area (Å²) in [6, 6.07) is 14.6. The predicted molar refractivity (Wildman–Crippen MR) is 298 cm³/mol. The SMILES string of the molecule is CC(=O)O[C@@]12CO[C@@H]1C[C@H](O)[C@@]1(C)C(=O)[C@H](O)C3=C(C)[C@@H](OC(=O)[C@H](O)[C@@H](NC(=O)OC(C)(C)C)c4ccccc4)C[C@@](O)([C@@H](OC(=O)c4ccccc4)[C@H]21)C3(C)C.C[C@]12C=CC(=O)C=C1CC[C@@H]1[C@@H]2C(=O)C[C@@]2(C)[C@H]1CC[C@]2(O)C(=O)CO. The van der Waals surface area contributed by atoms with Crippen LogP contribution in [0.2, 0.25) is 0 Å². The lowest BCUT2D eigenvalue weighted by molar-refractivity contribution is -0.346. The molecule has 2 aromatic rings. The number of nitrogens with one attached hydrogen (secondary N) is 1. The highest BCUT2D eigenvalue weighted by Crippen LogP contribution is 2.67. The highest BCUT2D eigenvalue weighted by molar-refractivity contribution is 6.02. The van der Waals surface area contributed by atoms with E-state index >= 15 is 0 Å². The minimum Gasteiger partial charge on any atom is -0.456 e. The number of ether oxygens (including phenoxy) is 5. The van der Waals surface area contributed by atoms with Gasteiger partial charge in [-0.1, -0.05) is 87.9 Å². The number of aliphatic hydroxyl groups excluding tert-OH is 4. The van der Waals surface area contributed by atoms with Crippen molar-refractivity contribution in [1.82, 2.24) is 5.32 Å². The summed E-state index contributed by atoms with van der Waals surface area (Å²) >= 11 is 0. The fraction of sp³-hybridized carbons (Fsp3) is 0.594. The number of aliphatic hydroxyl groups is 6. The Kier molecular flexibility index (Phi) is 16.2. The Bertz CT molecular complexity index is 3110. The van der Waals surface area contributed by atoms with Crippen LogP contribution in [-0.4, -0.2) is 150 Å². The molecule has 1 aliphatic heterocycles. The van der Waals surface area contributed by atoms with Gasteiger partial charge in [0.25, 0.3) is 0 Å². The van der Waals surface area contributed by atoms with Crippen LogP contribution in [0.5, 0.6) is 0 Å². The molecule has 0 unspecified atom stereocenters. The van der Waals surface area contributed by atoms with E-state index in [9.17, 15) is 69.0 Å². The van der Waals surface area contributed by atoms with Gasteiger partial charge in [0.1, 0.15) is 53.6 Å². The number of esters is 3. The molecular weight excluding hydrogens is 1090 g/mol. The van der Waals surface area contributed by atoms with Crippen molar-refractivity contribution in [3.8, 4) is 0 Å². The third kappa shape index (κ3) is 9.90. The number of allylic oxidation sites excluding steroid dienone is 4. The van der Waals surface area contributed by atoms with E-state index in [2.05, 4.69) is 5.32 Å². The normalized spacial score (nSPS) is 37.8. The fourth-order valence-electron chi connectivity index (χ4n) is 16.2. The highest BCUT2D eigenvalue weighted by atomic mass is 16.6. The Morgan fingerprint density at radius 1 is 0.893 bits per heavy atom. The molecule has 454 valence electrons. The van der Waals surface area contributed by atoms with E-state index in [-0.39, 0.29) is 65.5 Å². The van der Waals surface area contributed by atoms with Gasteiger partial charge < -0.3 is 59.6 Å². The summed E-state index contributed by atoms with van der Waals surface area (Å²) in [5, 5.41) is 72.0. The van der Waals surface area contributed by atoms with Crippen LogP contribution >= 0.6 is 0 Å². The Morgan fingerprint density at radius 3 is 2.13 bits per heavy atom. The molecule has 84 heavy (non-hydrogen) atoms. The molecule has 0 spiro atoms. The lowest BCUT2D eigenvalue weighted by atomic mass is 9.44. The number of carbonyl (C=O) groups excluding carboxylic acids is 8. The first-order valence-electron chi connectivity index (χ1n) is 28.8.